The Balaban J connectivity index is 1.92. The number of hydrogen-bond donors (Lipinski definition) is 1. The third-order valence-electron chi connectivity index (χ3n) is 3.23. The Bertz CT molecular complexity index is 470. The van der Waals surface area contributed by atoms with Crippen LogP contribution in [0.3, 0.4) is 0 Å². The van der Waals surface area contributed by atoms with E-state index in [1.165, 1.54) is 18.6 Å². The van der Waals surface area contributed by atoms with Gasteiger partial charge in [0.25, 0.3) is 5.56 Å². The summed E-state index contributed by atoms with van der Waals surface area (Å²) in [4.78, 5) is 19.3. The molecule has 1 saturated heterocycles. The van der Waals surface area contributed by atoms with E-state index in [-0.39, 0.29) is 5.56 Å². The molecule has 0 amide bonds. The van der Waals surface area contributed by atoms with Crippen molar-refractivity contribution >= 4 is 23.5 Å². The number of H-pyrrole nitrogens is 1. The van der Waals surface area contributed by atoms with Gasteiger partial charge in [-0.2, -0.15) is 11.8 Å². The van der Waals surface area contributed by atoms with Crippen LogP contribution in [0.15, 0.2) is 10.9 Å². The number of rotatable bonds is 2. The van der Waals surface area contributed by atoms with Gasteiger partial charge < -0.3 is 4.98 Å². The average Bonchev–Trinajstić information content (AvgIpc) is 3.12. The summed E-state index contributed by atoms with van der Waals surface area (Å²) in [5.41, 5.74) is 1.02. The molecule has 2 atom stereocenters. The van der Waals surface area contributed by atoms with Gasteiger partial charge in [-0.3, -0.25) is 4.79 Å². The van der Waals surface area contributed by atoms with Gasteiger partial charge in [-0.25, -0.2) is 4.98 Å². The van der Waals surface area contributed by atoms with Crippen LogP contribution in [0.25, 0.3) is 0 Å². The quantitative estimate of drug-likeness (QED) is 0.895. The Morgan fingerprint density at radius 1 is 1.35 bits per heavy atom. The van der Waals surface area contributed by atoms with Crippen LogP contribution in [0.1, 0.15) is 42.5 Å². The molecule has 17 heavy (non-hydrogen) atoms. The number of aromatic amines is 1. The molecule has 2 aliphatic rings. The molecule has 1 aliphatic heterocycles. The number of nitrogens with zero attached hydrogens (tertiary/aromatic N) is 1. The molecular formula is C12H16N2OS2. The van der Waals surface area contributed by atoms with Crippen molar-refractivity contribution in [2.24, 2.45) is 0 Å². The van der Waals surface area contributed by atoms with Gasteiger partial charge in [0, 0.05) is 28.7 Å². The van der Waals surface area contributed by atoms with Gasteiger partial charge in [-0.1, -0.05) is 6.92 Å². The van der Waals surface area contributed by atoms with E-state index in [1.807, 2.05) is 23.5 Å². The highest BCUT2D eigenvalue weighted by atomic mass is 32.2. The summed E-state index contributed by atoms with van der Waals surface area (Å²) < 4.78 is 0. The highest BCUT2D eigenvalue weighted by Crippen LogP contribution is 2.42. The lowest BCUT2D eigenvalue weighted by Gasteiger charge is -2.27. The van der Waals surface area contributed by atoms with Crippen LogP contribution in [0.2, 0.25) is 0 Å². The van der Waals surface area contributed by atoms with Gasteiger partial charge in [0.05, 0.1) is 10.9 Å². The first-order valence-electron chi connectivity index (χ1n) is 6.08. The van der Waals surface area contributed by atoms with Crippen molar-refractivity contribution in [3.8, 4) is 0 Å². The van der Waals surface area contributed by atoms with E-state index in [0.717, 1.165) is 17.3 Å². The summed E-state index contributed by atoms with van der Waals surface area (Å²) in [6.07, 6.45) is 2.38. The van der Waals surface area contributed by atoms with Crippen LogP contribution < -0.4 is 5.56 Å². The largest absolute Gasteiger partial charge is 0.310 e. The normalized spacial score (nSPS) is 29.2. The molecule has 3 nitrogen and oxygen atoms in total. The first-order valence-corrected chi connectivity index (χ1v) is 8.18. The predicted molar refractivity (Wildman–Crippen MR) is 74.0 cm³/mol. The standard InChI is InChI=1S/C12H16N2OS2/c1-7-11(17-5-4-16-7)12-13-9(8-2-3-8)6-10(15)14-12/h6-8,11H,2-5H2,1H3,(H,13,14,15). The molecule has 2 unspecified atom stereocenters. The maximum Gasteiger partial charge on any atom is 0.251 e. The second-order valence-electron chi connectivity index (χ2n) is 4.70. The maximum absolute atomic E-state index is 11.7. The third-order valence-corrected chi connectivity index (χ3v) is 6.33. The molecule has 1 aromatic rings. The fourth-order valence-electron chi connectivity index (χ4n) is 2.15. The van der Waals surface area contributed by atoms with E-state index in [2.05, 4.69) is 16.9 Å². The van der Waals surface area contributed by atoms with E-state index >= 15 is 0 Å². The molecule has 0 bridgehead atoms. The van der Waals surface area contributed by atoms with E-state index < -0.39 is 0 Å². The van der Waals surface area contributed by atoms with Crippen molar-refractivity contribution in [1.29, 1.82) is 0 Å². The SMILES string of the molecule is CC1SCCSC1c1nc(C2CC2)cc(=O)[nH]1. The van der Waals surface area contributed by atoms with E-state index in [4.69, 9.17) is 0 Å². The Kier molecular flexibility index (Phi) is 3.21. The molecule has 92 valence electrons. The summed E-state index contributed by atoms with van der Waals surface area (Å²) in [5, 5.41) is 0.881. The van der Waals surface area contributed by atoms with Crippen LogP contribution in [0, 0.1) is 0 Å². The summed E-state index contributed by atoms with van der Waals surface area (Å²) in [7, 11) is 0. The second-order valence-corrected chi connectivity index (χ2v) is 7.43. The number of thioether (sulfide) groups is 2. The number of hydrogen-bond acceptors (Lipinski definition) is 4. The van der Waals surface area contributed by atoms with Crippen molar-refractivity contribution in [1.82, 2.24) is 9.97 Å². The highest BCUT2D eigenvalue weighted by molar-refractivity contribution is 8.06. The molecule has 1 aliphatic carbocycles. The minimum Gasteiger partial charge on any atom is -0.310 e. The minimum atomic E-state index is 0.0141. The van der Waals surface area contributed by atoms with Crippen molar-refractivity contribution in [2.45, 2.75) is 36.2 Å². The summed E-state index contributed by atoms with van der Waals surface area (Å²) in [6.45, 7) is 2.23. The van der Waals surface area contributed by atoms with Crippen LogP contribution >= 0.6 is 23.5 Å². The Morgan fingerprint density at radius 2 is 2.12 bits per heavy atom. The Morgan fingerprint density at radius 3 is 2.82 bits per heavy atom. The zero-order valence-corrected chi connectivity index (χ0v) is 11.4. The molecule has 1 N–H and O–H groups in total. The summed E-state index contributed by atoms with van der Waals surface area (Å²) in [6, 6.07) is 1.67. The first kappa shape index (κ1) is 11.7. The van der Waals surface area contributed by atoms with Gasteiger partial charge in [-0.15, -0.1) is 11.8 Å². The van der Waals surface area contributed by atoms with Crippen LogP contribution in [0.4, 0.5) is 0 Å². The summed E-state index contributed by atoms with van der Waals surface area (Å²) in [5.74, 6) is 3.79. The Labute approximate surface area is 109 Å². The van der Waals surface area contributed by atoms with Crippen molar-refractivity contribution < 1.29 is 0 Å². The first-order chi connectivity index (χ1) is 8.24. The van der Waals surface area contributed by atoms with E-state index in [0.29, 0.717) is 16.4 Å². The fourth-order valence-corrected chi connectivity index (χ4v) is 4.86. The molecule has 1 saturated carbocycles. The zero-order valence-electron chi connectivity index (χ0n) is 9.81. The molecular weight excluding hydrogens is 252 g/mol. The predicted octanol–water partition coefficient (Wildman–Crippen LogP) is 2.56. The van der Waals surface area contributed by atoms with Gasteiger partial charge in [0.15, 0.2) is 0 Å². The van der Waals surface area contributed by atoms with Crippen molar-refractivity contribution in [3.63, 3.8) is 0 Å². The lowest BCUT2D eigenvalue weighted by molar-refractivity contribution is 0.792. The van der Waals surface area contributed by atoms with Crippen LogP contribution in [-0.4, -0.2) is 26.7 Å². The monoisotopic (exact) mass is 268 g/mol. The molecule has 0 radical (unpaired) electrons. The van der Waals surface area contributed by atoms with E-state index in [9.17, 15) is 4.79 Å². The van der Waals surface area contributed by atoms with Gasteiger partial charge in [0.2, 0.25) is 0 Å². The zero-order chi connectivity index (χ0) is 11.8. The molecule has 2 heterocycles. The molecule has 0 spiro atoms. The van der Waals surface area contributed by atoms with Gasteiger partial charge >= 0.3 is 0 Å². The fraction of sp³-hybridized carbons (Fsp3) is 0.667. The van der Waals surface area contributed by atoms with Crippen LogP contribution in [-0.2, 0) is 0 Å². The van der Waals surface area contributed by atoms with Gasteiger partial charge in [0.1, 0.15) is 5.82 Å². The highest BCUT2D eigenvalue weighted by Gasteiger charge is 2.29. The molecule has 2 fully saturated rings. The third kappa shape index (κ3) is 2.55. The number of nitrogens with one attached hydrogen (secondary N) is 1. The van der Waals surface area contributed by atoms with Gasteiger partial charge in [-0.05, 0) is 12.8 Å². The number of aromatic nitrogens is 2. The molecule has 1 aromatic heterocycles. The van der Waals surface area contributed by atoms with Crippen molar-refractivity contribution in [3.05, 3.63) is 27.9 Å². The molecule has 3 rings (SSSR count). The molecule has 5 heteroatoms. The lowest BCUT2D eigenvalue weighted by atomic mass is 10.2. The Hall–Kier alpha value is -0.420. The average molecular weight is 268 g/mol. The minimum absolute atomic E-state index is 0.0141. The topological polar surface area (TPSA) is 45.8 Å². The smallest absolute Gasteiger partial charge is 0.251 e. The molecule has 0 aromatic carbocycles. The second kappa shape index (κ2) is 4.69. The lowest BCUT2D eigenvalue weighted by Crippen LogP contribution is -2.22. The maximum atomic E-state index is 11.7. The van der Waals surface area contributed by atoms with Crippen LogP contribution in [0.5, 0.6) is 0 Å². The van der Waals surface area contributed by atoms with E-state index in [1.54, 1.807) is 6.07 Å². The van der Waals surface area contributed by atoms with Crippen molar-refractivity contribution in [2.75, 3.05) is 11.5 Å². The summed E-state index contributed by atoms with van der Waals surface area (Å²) >= 11 is 3.89.